The molecule has 20 heavy (non-hydrogen) atoms. The highest BCUT2D eigenvalue weighted by molar-refractivity contribution is 7.14. The van der Waals surface area contributed by atoms with Gasteiger partial charge in [-0.3, -0.25) is 19.3 Å². The summed E-state index contributed by atoms with van der Waals surface area (Å²) in [4.78, 5) is 34.3. The van der Waals surface area contributed by atoms with E-state index in [9.17, 15) is 14.4 Å². The average Bonchev–Trinajstić information content (AvgIpc) is 2.73. The van der Waals surface area contributed by atoms with Crippen molar-refractivity contribution in [3.63, 3.8) is 0 Å². The topological polar surface area (TPSA) is 137 Å². The molecule has 8 nitrogen and oxygen atoms in total. The van der Waals surface area contributed by atoms with Gasteiger partial charge in [0.05, 0.1) is 25.2 Å². The third kappa shape index (κ3) is 5.05. The van der Waals surface area contributed by atoms with Gasteiger partial charge in [-0.15, -0.1) is 11.3 Å². The zero-order valence-corrected chi connectivity index (χ0v) is 11.1. The maximum atomic E-state index is 11.8. The number of hydrogen-bond acceptors (Lipinski definition) is 6. The zero-order chi connectivity index (χ0) is 15.1. The molecule has 0 spiro atoms. The monoisotopic (exact) mass is 296 g/mol. The Morgan fingerprint density at radius 1 is 1.40 bits per heavy atom. The molecule has 2 amide bonds. The van der Waals surface area contributed by atoms with Crippen LogP contribution in [0.25, 0.3) is 0 Å². The first-order chi connectivity index (χ1) is 9.42. The van der Waals surface area contributed by atoms with Crippen molar-refractivity contribution in [2.75, 3.05) is 25.0 Å². The van der Waals surface area contributed by atoms with Gasteiger partial charge in [-0.1, -0.05) is 0 Å². The number of carbonyl (C=O) groups excluding carboxylic acids is 2. The van der Waals surface area contributed by atoms with E-state index >= 15 is 0 Å². The molecule has 1 aromatic rings. The first-order valence-electron chi connectivity index (χ1n) is 5.42. The molecule has 0 saturated carbocycles. The minimum Gasteiger partial charge on any atom is -0.480 e. The van der Waals surface area contributed by atoms with Crippen LogP contribution in [0, 0.1) is 11.3 Å². The largest absolute Gasteiger partial charge is 0.480 e. The van der Waals surface area contributed by atoms with Crippen LogP contribution in [0.5, 0.6) is 0 Å². The minimum atomic E-state index is -1.17. The molecule has 1 aromatic heterocycles. The summed E-state index contributed by atoms with van der Waals surface area (Å²) >= 11 is 1.18. The van der Waals surface area contributed by atoms with Gasteiger partial charge in [0.2, 0.25) is 11.8 Å². The fraction of sp³-hybridized carbons (Fsp3) is 0.273. The van der Waals surface area contributed by atoms with E-state index in [2.05, 4.69) is 5.32 Å². The number of thiophene rings is 1. The second-order valence-electron chi connectivity index (χ2n) is 3.83. The van der Waals surface area contributed by atoms with Gasteiger partial charge in [-0.25, -0.2) is 0 Å². The SMILES string of the molecule is N#Cc1ccsc1NC(=O)CN(CC(N)=O)CC(=O)O. The van der Waals surface area contributed by atoms with Crippen molar-refractivity contribution in [3.8, 4) is 6.07 Å². The maximum Gasteiger partial charge on any atom is 0.317 e. The lowest BCUT2D eigenvalue weighted by atomic mass is 10.3. The molecule has 0 bridgehead atoms. The molecule has 4 N–H and O–H groups in total. The van der Waals surface area contributed by atoms with Gasteiger partial charge < -0.3 is 16.2 Å². The van der Waals surface area contributed by atoms with Crippen LogP contribution < -0.4 is 11.1 Å². The number of carboxylic acids is 1. The predicted octanol–water partition coefficient (Wildman–Crippen LogP) is -0.570. The molecule has 0 radical (unpaired) electrons. The Kier molecular flexibility index (Phi) is 5.64. The van der Waals surface area contributed by atoms with Gasteiger partial charge >= 0.3 is 5.97 Å². The van der Waals surface area contributed by atoms with Gasteiger partial charge in [0, 0.05) is 0 Å². The molecule has 1 rings (SSSR count). The van der Waals surface area contributed by atoms with Crippen LogP contribution in [0.4, 0.5) is 5.00 Å². The molecular formula is C11H12N4O4S. The van der Waals surface area contributed by atoms with Crippen molar-refractivity contribution < 1.29 is 19.5 Å². The molecule has 0 aliphatic carbocycles. The summed E-state index contributed by atoms with van der Waals surface area (Å²) in [6.45, 7) is -1.13. The highest BCUT2D eigenvalue weighted by Gasteiger charge is 2.17. The minimum absolute atomic E-state index is 0.308. The predicted molar refractivity (Wildman–Crippen MR) is 70.9 cm³/mol. The van der Waals surface area contributed by atoms with Crippen LogP contribution in [-0.4, -0.2) is 47.4 Å². The number of nitriles is 1. The molecule has 0 unspecified atom stereocenters. The Morgan fingerprint density at radius 3 is 2.65 bits per heavy atom. The number of hydrogen-bond donors (Lipinski definition) is 3. The molecule has 0 aromatic carbocycles. The van der Waals surface area contributed by atoms with Crippen molar-refractivity contribution >= 4 is 34.1 Å². The molecule has 0 aliphatic rings. The summed E-state index contributed by atoms with van der Waals surface area (Å²) in [5, 5.41) is 22.0. The van der Waals surface area contributed by atoms with Crippen LogP contribution in [0.3, 0.4) is 0 Å². The third-order valence-corrected chi connectivity index (χ3v) is 2.97. The number of amides is 2. The number of nitrogens with two attached hydrogens (primary N) is 1. The van der Waals surface area contributed by atoms with E-state index in [0.717, 1.165) is 4.90 Å². The summed E-state index contributed by atoms with van der Waals surface area (Å²) in [5.41, 5.74) is 5.30. The Balaban J connectivity index is 2.64. The Labute approximate surface area is 118 Å². The van der Waals surface area contributed by atoms with Crippen molar-refractivity contribution in [3.05, 3.63) is 17.0 Å². The number of nitrogens with one attached hydrogen (secondary N) is 1. The summed E-state index contributed by atoms with van der Waals surface area (Å²) in [5.74, 6) is -2.42. The highest BCUT2D eigenvalue weighted by Crippen LogP contribution is 2.21. The number of anilines is 1. The van der Waals surface area contributed by atoms with Crippen LogP contribution in [0.1, 0.15) is 5.56 Å². The number of carboxylic acid groups (broad SMARTS) is 1. The second kappa shape index (κ2) is 7.22. The smallest absolute Gasteiger partial charge is 0.317 e. The van der Waals surface area contributed by atoms with Crippen molar-refractivity contribution in [2.45, 2.75) is 0 Å². The normalized spacial score (nSPS) is 10.0. The lowest BCUT2D eigenvalue weighted by molar-refractivity contribution is -0.138. The van der Waals surface area contributed by atoms with Gasteiger partial charge in [0.15, 0.2) is 0 Å². The summed E-state index contributed by atoms with van der Waals surface area (Å²) < 4.78 is 0. The quantitative estimate of drug-likeness (QED) is 0.616. The Hall–Kier alpha value is -2.44. The lowest BCUT2D eigenvalue weighted by Crippen LogP contribution is -2.41. The number of aliphatic carboxylic acids is 1. The maximum absolute atomic E-state index is 11.8. The van der Waals surface area contributed by atoms with E-state index in [0.29, 0.717) is 10.6 Å². The summed E-state index contributed by atoms with van der Waals surface area (Å²) in [6, 6.07) is 3.47. The third-order valence-electron chi connectivity index (χ3n) is 2.14. The van der Waals surface area contributed by atoms with E-state index < -0.39 is 24.3 Å². The molecular weight excluding hydrogens is 284 g/mol. The fourth-order valence-electron chi connectivity index (χ4n) is 1.44. The Morgan fingerprint density at radius 2 is 2.10 bits per heavy atom. The van der Waals surface area contributed by atoms with Gasteiger partial charge in [0.1, 0.15) is 11.1 Å². The van der Waals surface area contributed by atoms with E-state index in [4.69, 9.17) is 16.1 Å². The molecule has 0 atom stereocenters. The molecule has 9 heteroatoms. The van der Waals surface area contributed by atoms with E-state index in [1.807, 2.05) is 6.07 Å². The highest BCUT2D eigenvalue weighted by atomic mass is 32.1. The van der Waals surface area contributed by atoms with E-state index in [1.165, 1.54) is 11.3 Å². The second-order valence-corrected chi connectivity index (χ2v) is 4.74. The number of nitrogens with zero attached hydrogens (tertiary/aromatic N) is 2. The summed E-state index contributed by atoms with van der Waals surface area (Å²) in [6.07, 6.45) is 0. The standard InChI is InChI=1S/C11H12N4O4S/c12-3-7-1-2-20-11(7)14-9(17)5-15(4-8(13)16)6-10(18)19/h1-2H,4-6H2,(H2,13,16)(H,14,17)(H,18,19). The molecule has 0 saturated heterocycles. The molecule has 1 heterocycles. The average molecular weight is 296 g/mol. The zero-order valence-electron chi connectivity index (χ0n) is 10.3. The lowest BCUT2D eigenvalue weighted by Gasteiger charge is -2.17. The van der Waals surface area contributed by atoms with E-state index in [1.54, 1.807) is 11.4 Å². The van der Waals surface area contributed by atoms with Gasteiger partial charge in [-0.2, -0.15) is 5.26 Å². The molecule has 0 aliphatic heterocycles. The van der Waals surface area contributed by atoms with Crippen molar-refractivity contribution in [1.82, 2.24) is 4.90 Å². The van der Waals surface area contributed by atoms with Crippen LogP contribution in [0.15, 0.2) is 11.4 Å². The van der Waals surface area contributed by atoms with Crippen LogP contribution in [0.2, 0.25) is 0 Å². The number of carbonyl (C=O) groups is 3. The van der Waals surface area contributed by atoms with E-state index in [-0.39, 0.29) is 13.1 Å². The van der Waals surface area contributed by atoms with Crippen LogP contribution in [-0.2, 0) is 14.4 Å². The van der Waals surface area contributed by atoms with Crippen molar-refractivity contribution in [2.24, 2.45) is 5.73 Å². The number of primary amides is 1. The molecule has 106 valence electrons. The van der Waals surface area contributed by atoms with Crippen LogP contribution >= 0.6 is 11.3 Å². The van der Waals surface area contributed by atoms with Crippen molar-refractivity contribution in [1.29, 1.82) is 5.26 Å². The van der Waals surface area contributed by atoms with Gasteiger partial charge in [0.25, 0.3) is 0 Å². The first kappa shape index (κ1) is 15.6. The Bertz CT molecular complexity index is 547. The first-order valence-corrected chi connectivity index (χ1v) is 6.30. The summed E-state index contributed by atoms with van der Waals surface area (Å²) in [7, 11) is 0. The molecule has 0 fully saturated rings. The number of rotatable bonds is 7. The van der Waals surface area contributed by atoms with Gasteiger partial charge in [-0.05, 0) is 11.4 Å². The fourth-order valence-corrected chi connectivity index (χ4v) is 2.20.